The lowest BCUT2D eigenvalue weighted by Crippen LogP contribution is -2.05. The van der Waals surface area contributed by atoms with Gasteiger partial charge in [-0.15, -0.1) is 0 Å². The van der Waals surface area contributed by atoms with Gasteiger partial charge < -0.3 is 16.1 Å². The summed E-state index contributed by atoms with van der Waals surface area (Å²) < 4.78 is 0. The van der Waals surface area contributed by atoms with Crippen LogP contribution in [-0.2, 0) is 16.1 Å². The standard InChI is InChI=1S/C14H11Cl2N2O2/c15-10-5-3-6-11(16)14(10)18-12-7-2-1-4-9(12)8-13(19)20-17/h1-7,17-18H,8H2/q-1. The molecule has 0 atom stereocenters. The number of carbonyl (C=O) groups is 1. The highest BCUT2D eigenvalue weighted by Gasteiger charge is 2.10. The van der Waals surface area contributed by atoms with Gasteiger partial charge >= 0.3 is 0 Å². The third-order valence-corrected chi connectivity index (χ3v) is 3.32. The van der Waals surface area contributed by atoms with Gasteiger partial charge in [0.15, 0.2) is 0 Å². The van der Waals surface area contributed by atoms with Crippen LogP contribution in [0.5, 0.6) is 0 Å². The summed E-state index contributed by atoms with van der Waals surface area (Å²) in [7, 11) is 0. The molecule has 0 saturated carbocycles. The highest BCUT2D eigenvalue weighted by atomic mass is 35.5. The highest BCUT2D eigenvalue weighted by Crippen LogP contribution is 2.33. The Hall–Kier alpha value is -1.75. The molecular formula is C14H11Cl2N2O2-. The van der Waals surface area contributed by atoms with Crippen molar-refractivity contribution in [3.63, 3.8) is 0 Å². The Morgan fingerprint density at radius 1 is 1.10 bits per heavy atom. The van der Waals surface area contributed by atoms with Crippen molar-refractivity contribution in [2.24, 2.45) is 0 Å². The van der Waals surface area contributed by atoms with Crippen LogP contribution in [0, 0.1) is 0 Å². The number of para-hydroxylation sites is 2. The van der Waals surface area contributed by atoms with Crippen LogP contribution in [0.15, 0.2) is 42.5 Å². The zero-order chi connectivity index (χ0) is 14.5. The molecule has 4 nitrogen and oxygen atoms in total. The fourth-order valence-corrected chi connectivity index (χ4v) is 2.23. The van der Waals surface area contributed by atoms with Gasteiger partial charge in [-0.1, -0.05) is 47.5 Å². The molecular weight excluding hydrogens is 299 g/mol. The predicted molar refractivity (Wildman–Crippen MR) is 80.3 cm³/mol. The Morgan fingerprint density at radius 2 is 1.75 bits per heavy atom. The number of anilines is 2. The Balaban J connectivity index is 2.32. The van der Waals surface area contributed by atoms with Gasteiger partial charge in [0.25, 0.3) is 5.97 Å². The van der Waals surface area contributed by atoms with Gasteiger partial charge in [-0.05, 0) is 23.8 Å². The average molecular weight is 310 g/mol. The fourth-order valence-electron chi connectivity index (χ4n) is 1.74. The summed E-state index contributed by atoms with van der Waals surface area (Å²) in [5.74, 6) is 5.97. The first-order valence-electron chi connectivity index (χ1n) is 5.77. The number of rotatable bonds is 4. The lowest BCUT2D eigenvalue weighted by molar-refractivity contribution is -0.137. The molecule has 6 heteroatoms. The second kappa shape index (κ2) is 6.61. The van der Waals surface area contributed by atoms with E-state index in [1.165, 1.54) is 0 Å². The number of benzene rings is 2. The maximum atomic E-state index is 11.2. The number of halogens is 2. The van der Waals surface area contributed by atoms with Gasteiger partial charge in [0.2, 0.25) is 0 Å². The van der Waals surface area contributed by atoms with E-state index in [0.717, 1.165) is 0 Å². The molecule has 0 bridgehead atoms. The topological polar surface area (TPSA) is 62.1 Å². The zero-order valence-corrected chi connectivity index (χ0v) is 11.8. The van der Waals surface area contributed by atoms with Crippen molar-refractivity contribution in [2.45, 2.75) is 6.42 Å². The van der Waals surface area contributed by atoms with Crippen LogP contribution in [0.4, 0.5) is 11.4 Å². The molecule has 0 radical (unpaired) electrons. The Bertz CT molecular complexity index is 612. The molecule has 0 aliphatic carbocycles. The molecule has 2 rings (SSSR count). The third kappa shape index (κ3) is 3.42. The van der Waals surface area contributed by atoms with Crippen molar-refractivity contribution in [3.05, 3.63) is 64.0 Å². The molecule has 0 saturated heterocycles. The van der Waals surface area contributed by atoms with Crippen molar-refractivity contribution in [3.8, 4) is 0 Å². The maximum Gasteiger partial charge on any atom is 0.295 e. The molecule has 104 valence electrons. The second-order valence-electron chi connectivity index (χ2n) is 4.03. The quantitative estimate of drug-likeness (QED) is 0.826. The SMILES string of the molecule is [NH-]OC(=O)Cc1ccccc1Nc1c(Cl)cccc1Cl. The molecule has 2 N–H and O–H groups in total. The van der Waals surface area contributed by atoms with E-state index in [1.54, 1.807) is 36.4 Å². The van der Waals surface area contributed by atoms with Gasteiger partial charge in [0.1, 0.15) is 0 Å². The summed E-state index contributed by atoms with van der Waals surface area (Å²) in [5, 5.41) is 4.07. The number of hydrogen-bond acceptors (Lipinski definition) is 3. The summed E-state index contributed by atoms with van der Waals surface area (Å²) in [4.78, 5) is 15.2. The Kier molecular flexibility index (Phi) is 4.84. The van der Waals surface area contributed by atoms with E-state index < -0.39 is 5.97 Å². The van der Waals surface area contributed by atoms with Gasteiger partial charge in [-0.3, -0.25) is 4.79 Å². The molecule has 0 aliphatic heterocycles. The third-order valence-electron chi connectivity index (χ3n) is 2.69. The molecule has 0 aliphatic rings. The van der Waals surface area contributed by atoms with Gasteiger partial charge in [-0.2, -0.15) is 0 Å². The summed E-state index contributed by atoms with van der Waals surface area (Å²) in [6.45, 7) is 0. The van der Waals surface area contributed by atoms with E-state index in [9.17, 15) is 4.79 Å². The normalized spacial score (nSPS) is 10.2. The maximum absolute atomic E-state index is 11.2. The lowest BCUT2D eigenvalue weighted by atomic mass is 10.1. The summed E-state index contributed by atoms with van der Waals surface area (Å²) in [6, 6.07) is 12.4. The van der Waals surface area contributed by atoms with Crippen molar-refractivity contribution < 1.29 is 9.63 Å². The minimum Gasteiger partial charge on any atom is -0.564 e. The van der Waals surface area contributed by atoms with Crippen molar-refractivity contribution in [1.29, 1.82) is 0 Å². The van der Waals surface area contributed by atoms with Gasteiger partial charge in [0, 0.05) is 5.69 Å². The minimum absolute atomic E-state index is 0.00521. The summed E-state index contributed by atoms with van der Waals surface area (Å²) >= 11 is 12.2. The fraction of sp³-hybridized carbons (Fsp3) is 0.0714. The van der Waals surface area contributed by atoms with E-state index >= 15 is 0 Å². The van der Waals surface area contributed by atoms with Crippen molar-refractivity contribution >= 4 is 40.5 Å². The minimum atomic E-state index is -0.635. The highest BCUT2D eigenvalue weighted by molar-refractivity contribution is 6.39. The number of hydrogen-bond donors (Lipinski definition) is 1. The van der Waals surface area contributed by atoms with E-state index in [4.69, 9.17) is 29.1 Å². The summed E-state index contributed by atoms with van der Waals surface area (Å²) in [6.07, 6.45) is -0.00521. The van der Waals surface area contributed by atoms with Gasteiger partial charge in [-0.25, -0.2) is 0 Å². The lowest BCUT2D eigenvalue weighted by Gasteiger charge is -2.14. The van der Waals surface area contributed by atoms with E-state index in [1.807, 2.05) is 6.07 Å². The molecule has 0 aromatic heterocycles. The molecule has 0 fully saturated rings. The van der Waals surface area contributed by atoms with Crippen LogP contribution < -0.4 is 5.32 Å². The first kappa shape index (κ1) is 14.7. The monoisotopic (exact) mass is 309 g/mol. The molecule has 0 heterocycles. The number of carbonyl (C=O) groups excluding carboxylic acids is 1. The van der Waals surface area contributed by atoms with E-state index in [2.05, 4.69) is 10.2 Å². The van der Waals surface area contributed by atoms with E-state index in [0.29, 0.717) is 27.0 Å². The first-order valence-corrected chi connectivity index (χ1v) is 6.52. The van der Waals surface area contributed by atoms with Crippen LogP contribution in [0.25, 0.3) is 5.90 Å². The molecule has 0 unspecified atom stereocenters. The molecule has 2 aromatic carbocycles. The average Bonchev–Trinajstić information content (AvgIpc) is 2.44. The molecule has 0 amide bonds. The largest absolute Gasteiger partial charge is 0.564 e. The number of nitrogens with one attached hydrogen (secondary N) is 2. The van der Waals surface area contributed by atoms with Crippen LogP contribution in [0.2, 0.25) is 10.0 Å². The Morgan fingerprint density at radius 3 is 2.40 bits per heavy atom. The molecule has 20 heavy (non-hydrogen) atoms. The van der Waals surface area contributed by atoms with Crippen LogP contribution in [-0.4, -0.2) is 5.97 Å². The van der Waals surface area contributed by atoms with Crippen molar-refractivity contribution in [2.75, 3.05) is 5.32 Å². The Labute approximate surface area is 126 Å². The zero-order valence-electron chi connectivity index (χ0n) is 10.3. The summed E-state index contributed by atoms with van der Waals surface area (Å²) in [5.41, 5.74) is 1.95. The second-order valence-corrected chi connectivity index (χ2v) is 4.84. The van der Waals surface area contributed by atoms with Crippen LogP contribution >= 0.6 is 23.2 Å². The first-order chi connectivity index (χ1) is 9.61. The molecule has 0 spiro atoms. The van der Waals surface area contributed by atoms with Crippen molar-refractivity contribution in [1.82, 2.24) is 0 Å². The molecule has 2 aromatic rings. The van der Waals surface area contributed by atoms with Crippen LogP contribution in [0.1, 0.15) is 5.56 Å². The smallest absolute Gasteiger partial charge is 0.295 e. The van der Waals surface area contributed by atoms with Gasteiger partial charge in [0.05, 0.1) is 22.2 Å². The predicted octanol–water partition coefficient (Wildman–Crippen LogP) is 4.79. The van der Waals surface area contributed by atoms with E-state index in [-0.39, 0.29) is 6.42 Å². The van der Waals surface area contributed by atoms with Crippen LogP contribution in [0.3, 0.4) is 0 Å².